The molecule has 0 fully saturated rings. The number of benzene rings is 3. The summed E-state index contributed by atoms with van der Waals surface area (Å²) >= 11 is 12.1. The van der Waals surface area contributed by atoms with Gasteiger partial charge in [-0.15, -0.1) is 0 Å². The molecule has 0 aliphatic rings. The Labute approximate surface area is 200 Å². The van der Waals surface area contributed by atoms with Gasteiger partial charge in [0.05, 0.1) is 23.4 Å². The maximum absolute atomic E-state index is 12.7. The summed E-state index contributed by atoms with van der Waals surface area (Å²) in [5, 5.41) is 6.44. The van der Waals surface area contributed by atoms with Gasteiger partial charge in [0.25, 0.3) is 11.8 Å². The fourth-order valence-corrected chi connectivity index (χ4v) is 3.57. The van der Waals surface area contributed by atoms with Crippen LogP contribution in [0, 0.1) is 0 Å². The van der Waals surface area contributed by atoms with Gasteiger partial charge in [0, 0.05) is 22.3 Å². The second-order valence-electron chi connectivity index (χ2n) is 6.98. The molecule has 33 heavy (non-hydrogen) atoms. The highest BCUT2D eigenvalue weighted by atomic mass is 35.5. The van der Waals surface area contributed by atoms with Crippen LogP contribution >= 0.6 is 23.2 Å². The Bertz CT molecular complexity index is 1330. The van der Waals surface area contributed by atoms with Crippen LogP contribution in [-0.4, -0.2) is 18.9 Å². The molecule has 0 bridgehead atoms. The van der Waals surface area contributed by atoms with Crippen molar-refractivity contribution in [3.63, 3.8) is 0 Å². The maximum atomic E-state index is 12.7. The van der Waals surface area contributed by atoms with E-state index in [4.69, 9.17) is 32.4 Å². The van der Waals surface area contributed by atoms with Gasteiger partial charge in [-0.25, -0.2) is 0 Å². The molecule has 0 atom stereocenters. The van der Waals surface area contributed by atoms with Gasteiger partial charge in [0.1, 0.15) is 11.5 Å². The van der Waals surface area contributed by atoms with Crippen LogP contribution in [0.3, 0.4) is 0 Å². The van der Waals surface area contributed by atoms with Crippen LogP contribution in [0.25, 0.3) is 11.3 Å². The van der Waals surface area contributed by atoms with Crippen molar-refractivity contribution in [1.82, 2.24) is 0 Å². The minimum Gasteiger partial charge on any atom is -0.494 e. The molecule has 0 radical (unpaired) electrons. The Morgan fingerprint density at radius 3 is 2.42 bits per heavy atom. The largest absolute Gasteiger partial charge is 0.494 e. The van der Waals surface area contributed by atoms with Crippen molar-refractivity contribution in [1.29, 1.82) is 0 Å². The lowest BCUT2D eigenvalue weighted by Crippen LogP contribution is -2.14. The molecule has 0 unspecified atom stereocenters. The van der Waals surface area contributed by atoms with E-state index >= 15 is 0 Å². The number of anilines is 2. The molecule has 0 aliphatic heterocycles. The van der Waals surface area contributed by atoms with Gasteiger partial charge in [0.2, 0.25) is 0 Å². The zero-order valence-corrected chi connectivity index (χ0v) is 18.9. The minimum absolute atomic E-state index is 0.139. The molecule has 0 aliphatic carbocycles. The van der Waals surface area contributed by atoms with E-state index in [9.17, 15) is 9.59 Å². The summed E-state index contributed by atoms with van der Waals surface area (Å²) in [5.41, 5.74) is 2.00. The summed E-state index contributed by atoms with van der Waals surface area (Å²) in [6.45, 7) is 0. The van der Waals surface area contributed by atoms with Gasteiger partial charge in [-0.3, -0.25) is 9.59 Å². The number of methoxy groups -OCH3 is 1. The Balaban J connectivity index is 1.48. The summed E-state index contributed by atoms with van der Waals surface area (Å²) in [7, 11) is 1.47. The van der Waals surface area contributed by atoms with Gasteiger partial charge in [0.15, 0.2) is 5.76 Å². The Hall–Kier alpha value is -3.74. The van der Waals surface area contributed by atoms with Crippen LogP contribution in [0.5, 0.6) is 5.75 Å². The van der Waals surface area contributed by atoms with Gasteiger partial charge < -0.3 is 19.8 Å². The third-order valence-corrected chi connectivity index (χ3v) is 5.33. The SMILES string of the molecule is COc1cc(NC(=O)c2ccc(-c3cccc(Cl)c3)o2)ccc1NC(=O)c1ccccc1Cl. The number of ether oxygens (including phenoxy) is 1. The number of amides is 2. The number of hydrogen-bond donors (Lipinski definition) is 2. The highest BCUT2D eigenvalue weighted by Crippen LogP contribution is 2.30. The molecule has 4 rings (SSSR count). The van der Waals surface area contributed by atoms with Crippen LogP contribution in [0.4, 0.5) is 11.4 Å². The molecule has 2 N–H and O–H groups in total. The number of halogens is 2. The third kappa shape index (κ3) is 5.19. The normalized spacial score (nSPS) is 10.5. The van der Waals surface area contributed by atoms with E-state index < -0.39 is 5.91 Å². The molecule has 1 heterocycles. The molecular weight excluding hydrogens is 463 g/mol. The van der Waals surface area contributed by atoms with Crippen LogP contribution in [0.15, 0.2) is 83.3 Å². The molecule has 4 aromatic rings. The minimum atomic E-state index is -0.432. The molecule has 8 heteroatoms. The average molecular weight is 481 g/mol. The summed E-state index contributed by atoms with van der Waals surface area (Å²) in [6.07, 6.45) is 0. The summed E-state index contributed by atoms with van der Waals surface area (Å²) in [5.74, 6) is 0.225. The molecule has 6 nitrogen and oxygen atoms in total. The molecule has 0 spiro atoms. The van der Waals surface area contributed by atoms with Crippen molar-refractivity contribution >= 4 is 46.4 Å². The molecule has 166 valence electrons. The monoisotopic (exact) mass is 480 g/mol. The summed E-state index contributed by atoms with van der Waals surface area (Å²) in [6, 6.07) is 22.0. The van der Waals surface area contributed by atoms with E-state index in [1.54, 1.807) is 72.8 Å². The van der Waals surface area contributed by atoms with Crippen LogP contribution in [0.1, 0.15) is 20.9 Å². The van der Waals surface area contributed by atoms with Crippen molar-refractivity contribution in [2.75, 3.05) is 17.7 Å². The first-order valence-corrected chi connectivity index (χ1v) is 10.6. The van der Waals surface area contributed by atoms with Gasteiger partial charge in [-0.1, -0.05) is 47.5 Å². The number of carbonyl (C=O) groups excluding carboxylic acids is 2. The molecule has 0 saturated carbocycles. The first-order valence-electron chi connectivity index (χ1n) is 9.85. The number of rotatable bonds is 6. The predicted octanol–water partition coefficient (Wildman–Crippen LogP) is 6.77. The van der Waals surface area contributed by atoms with E-state index in [1.165, 1.54) is 7.11 Å². The van der Waals surface area contributed by atoms with Gasteiger partial charge in [-0.2, -0.15) is 0 Å². The quantitative estimate of drug-likeness (QED) is 0.319. The number of carbonyl (C=O) groups is 2. The highest BCUT2D eigenvalue weighted by molar-refractivity contribution is 6.34. The molecule has 3 aromatic carbocycles. The lowest BCUT2D eigenvalue weighted by atomic mass is 10.2. The van der Waals surface area contributed by atoms with E-state index in [-0.39, 0.29) is 11.7 Å². The fraction of sp³-hybridized carbons (Fsp3) is 0.0400. The van der Waals surface area contributed by atoms with Crippen molar-refractivity contribution in [3.8, 4) is 17.1 Å². The smallest absolute Gasteiger partial charge is 0.291 e. The number of nitrogens with one attached hydrogen (secondary N) is 2. The van der Waals surface area contributed by atoms with E-state index in [0.717, 1.165) is 5.56 Å². The van der Waals surface area contributed by atoms with E-state index in [2.05, 4.69) is 10.6 Å². The van der Waals surface area contributed by atoms with Crippen LogP contribution < -0.4 is 15.4 Å². The predicted molar refractivity (Wildman–Crippen MR) is 130 cm³/mol. The summed E-state index contributed by atoms with van der Waals surface area (Å²) < 4.78 is 11.1. The molecule has 2 amide bonds. The van der Waals surface area contributed by atoms with Crippen molar-refractivity contribution in [3.05, 3.63) is 100 Å². The molecule has 0 saturated heterocycles. The topological polar surface area (TPSA) is 80.6 Å². The maximum Gasteiger partial charge on any atom is 0.291 e. The summed E-state index contributed by atoms with van der Waals surface area (Å²) in [4.78, 5) is 25.2. The lowest BCUT2D eigenvalue weighted by Gasteiger charge is -2.13. The highest BCUT2D eigenvalue weighted by Gasteiger charge is 2.16. The first kappa shape index (κ1) is 22.5. The van der Waals surface area contributed by atoms with Gasteiger partial charge >= 0.3 is 0 Å². The van der Waals surface area contributed by atoms with E-state index in [0.29, 0.717) is 38.5 Å². The Kier molecular flexibility index (Phi) is 6.68. The number of furan rings is 1. The first-order chi connectivity index (χ1) is 15.9. The van der Waals surface area contributed by atoms with E-state index in [1.807, 2.05) is 6.07 Å². The average Bonchev–Trinajstić information content (AvgIpc) is 3.31. The molecule has 1 aromatic heterocycles. The molecular formula is C25H18Cl2N2O4. The standard InChI is InChI=1S/C25H18Cl2N2O4/c1-32-23-14-17(9-10-20(23)29-24(30)18-7-2-3-8-19(18)27)28-25(31)22-12-11-21(33-22)15-5-4-6-16(26)13-15/h2-14H,1H3,(H,28,31)(H,29,30). The second-order valence-corrected chi connectivity index (χ2v) is 7.82. The van der Waals surface area contributed by atoms with Gasteiger partial charge in [-0.05, 0) is 48.5 Å². The second kappa shape index (κ2) is 9.81. The van der Waals surface area contributed by atoms with Crippen molar-refractivity contribution in [2.45, 2.75) is 0 Å². The Morgan fingerprint density at radius 1 is 0.848 bits per heavy atom. The Morgan fingerprint density at radius 2 is 1.67 bits per heavy atom. The number of hydrogen-bond acceptors (Lipinski definition) is 4. The zero-order valence-electron chi connectivity index (χ0n) is 17.4. The third-order valence-electron chi connectivity index (χ3n) is 4.77. The fourth-order valence-electron chi connectivity index (χ4n) is 3.16. The van der Waals surface area contributed by atoms with Crippen molar-refractivity contribution < 1.29 is 18.7 Å². The lowest BCUT2D eigenvalue weighted by molar-refractivity contribution is 0.0995. The van der Waals surface area contributed by atoms with Crippen molar-refractivity contribution in [2.24, 2.45) is 0 Å². The zero-order chi connectivity index (χ0) is 23.4. The van der Waals surface area contributed by atoms with Crippen LogP contribution in [-0.2, 0) is 0 Å². The van der Waals surface area contributed by atoms with Crippen LogP contribution in [0.2, 0.25) is 10.0 Å².